The third-order valence-corrected chi connectivity index (χ3v) is 6.10. The van der Waals surface area contributed by atoms with Gasteiger partial charge < -0.3 is 9.80 Å². The minimum atomic E-state index is -0.498. The topological polar surface area (TPSA) is 92.5 Å². The zero-order chi connectivity index (χ0) is 22.5. The number of benzene rings is 2. The fourth-order valence-corrected chi connectivity index (χ4v) is 4.21. The lowest BCUT2D eigenvalue weighted by Crippen LogP contribution is -2.47. The maximum atomic E-state index is 14.0. The van der Waals surface area contributed by atoms with Crippen molar-refractivity contribution in [1.82, 2.24) is 9.97 Å². The van der Waals surface area contributed by atoms with E-state index in [1.807, 2.05) is 17.0 Å². The zero-order valence-electron chi connectivity index (χ0n) is 17.1. The van der Waals surface area contributed by atoms with Gasteiger partial charge in [-0.2, -0.15) is 0 Å². The number of Topliss-reactive ketones (excluding diaryl/α,β-unsaturated/α-hetero) is 1. The van der Waals surface area contributed by atoms with Gasteiger partial charge in [0.05, 0.1) is 16.4 Å². The minimum absolute atomic E-state index is 0.0512. The average molecular weight is 453 g/mol. The number of aromatic nitrogens is 2. The first-order chi connectivity index (χ1) is 15.5. The lowest BCUT2D eigenvalue weighted by atomic mass is 10.1. The van der Waals surface area contributed by atoms with Gasteiger partial charge in [-0.1, -0.05) is 23.9 Å². The first-order valence-electron chi connectivity index (χ1n) is 9.98. The average Bonchev–Trinajstić information content (AvgIpc) is 2.83. The fourth-order valence-electron chi connectivity index (χ4n) is 3.46. The van der Waals surface area contributed by atoms with Gasteiger partial charge in [-0.25, -0.2) is 14.4 Å². The number of hydrogen-bond acceptors (Lipinski definition) is 8. The summed E-state index contributed by atoms with van der Waals surface area (Å²) in [7, 11) is 0. The van der Waals surface area contributed by atoms with Crippen molar-refractivity contribution in [2.24, 2.45) is 0 Å². The number of hydrogen-bond donors (Lipinski definition) is 0. The molecule has 2 heterocycles. The molecule has 0 unspecified atom stereocenters. The second-order valence-corrected chi connectivity index (χ2v) is 8.15. The van der Waals surface area contributed by atoms with Crippen molar-refractivity contribution < 1.29 is 14.1 Å². The molecule has 0 N–H and O–H groups in total. The van der Waals surface area contributed by atoms with Crippen LogP contribution in [0.25, 0.3) is 0 Å². The standard InChI is InChI=1S/C22H20FN5O3S/c23-18-3-1-2-4-19(18)26-9-11-27(12-10-26)21-13-22(25-15-24-21)32-14-20(29)16-5-7-17(8-6-16)28(30)31/h1-8,13,15H,9-12,14H2. The molecule has 0 bridgehead atoms. The molecule has 164 valence electrons. The van der Waals surface area contributed by atoms with Crippen LogP contribution in [-0.2, 0) is 0 Å². The number of para-hydroxylation sites is 1. The highest BCUT2D eigenvalue weighted by Gasteiger charge is 2.20. The number of ketones is 1. The number of nitro benzene ring substituents is 1. The van der Waals surface area contributed by atoms with Crippen LogP contribution in [0.1, 0.15) is 10.4 Å². The zero-order valence-corrected chi connectivity index (χ0v) is 17.9. The monoisotopic (exact) mass is 453 g/mol. The number of carbonyl (C=O) groups excluding carboxylic acids is 1. The summed E-state index contributed by atoms with van der Waals surface area (Å²) in [4.78, 5) is 35.4. The van der Waals surface area contributed by atoms with Gasteiger partial charge in [-0.3, -0.25) is 14.9 Å². The van der Waals surface area contributed by atoms with Crippen LogP contribution < -0.4 is 9.80 Å². The Hall–Kier alpha value is -3.53. The van der Waals surface area contributed by atoms with Crippen molar-refractivity contribution in [3.8, 4) is 0 Å². The summed E-state index contributed by atoms with van der Waals surface area (Å²) in [6.07, 6.45) is 1.47. The van der Waals surface area contributed by atoms with Crippen molar-refractivity contribution in [2.75, 3.05) is 41.7 Å². The molecule has 1 aliphatic rings. The molecule has 1 fully saturated rings. The summed E-state index contributed by atoms with van der Waals surface area (Å²) >= 11 is 1.29. The second-order valence-electron chi connectivity index (χ2n) is 7.16. The van der Waals surface area contributed by atoms with Crippen molar-refractivity contribution in [1.29, 1.82) is 0 Å². The lowest BCUT2D eigenvalue weighted by molar-refractivity contribution is -0.384. The minimum Gasteiger partial charge on any atom is -0.366 e. The molecular formula is C22H20FN5O3S. The van der Waals surface area contributed by atoms with E-state index in [9.17, 15) is 19.3 Å². The Kier molecular flexibility index (Phi) is 6.60. The van der Waals surface area contributed by atoms with Crippen LogP contribution >= 0.6 is 11.8 Å². The van der Waals surface area contributed by atoms with Crippen LogP contribution in [0.15, 0.2) is 66.0 Å². The van der Waals surface area contributed by atoms with Gasteiger partial charge in [0.15, 0.2) is 5.78 Å². The molecule has 1 saturated heterocycles. The van der Waals surface area contributed by atoms with Gasteiger partial charge in [-0.15, -0.1) is 0 Å². The Morgan fingerprint density at radius 3 is 2.41 bits per heavy atom. The molecule has 10 heteroatoms. The van der Waals surface area contributed by atoms with Crippen LogP contribution in [0.3, 0.4) is 0 Å². The first-order valence-corrected chi connectivity index (χ1v) is 11.0. The van der Waals surface area contributed by atoms with Crippen LogP contribution in [-0.4, -0.2) is 52.6 Å². The summed E-state index contributed by atoms with van der Waals surface area (Å²) in [5.41, 5.74) is 0.974. The largest absolute Gasteiger partial charge is 0.366 e. The molecule has 0 atom stereocenters. The third-order valence-electron chi connectivity index (χ3n) is 5.18. The highest BCUT2D eigenvalue weighted by molar-refractivity contribution is 7.99. The Morgan fingerprint density at radius 2 is 1.72 bits per heavy atom. The van der Waals surface area contributed by atoms with E-state index in [0.29, 0.717) is 42.5 Å². The van der Waals surface area contributed by atoms with Crippen molar-refractivity contribution in [3.63, 3.8) is 0 Å². The van der Waals surface area contributed by atoms with Gasteiger partial charge in [0, 0.05) is 49.9 Å². The van der Waals surface area contributed by atoms with Crippen molar-refractivity contribution in [2.45, 2.75) is 5.03 Å². The van der Waals surface area contributed by atoms with Gasteiger partial charge in [0.25, 0.3) is 5.69 Å². The quantitative estimate of drug-likeness (QED) is 0.175. The Labute approximate surface area is 188 Å². The van der Waals surface area contributed by atoms with Gasteiger partial charge in [0.1, 0.15) is 23.0 Å². The van der Waals surface area contributed by atoms with E-state index >= 15 is 0 Å². The molecule has 0 radical (unpaired) electrons. The van der Waals surface area contributed by atoms with E-state index in [1.54, 1.807) is 12.1 Å². The molecule has 0 aliphatic carbocycles. The molecule has 2 aromatic carbocycles. The first kappa shape index (κ1) is 21.7. The number of carbonyl (C=O) groups is 1. The van der Waals surface area contributed by atoms with Crippen LogP contribution in [0.2, 0.25) is 0 Å². The fraction of sp³-hybridized carbons (Fsp3) is 0.227. The normalized spacial score (nSPS) is 13.8. The van der Waals surface area contributed by atoms with E-state index in [4.69, 9.17) is 0 Å². The van der Waals surface area contributed by atoms with E-state index in [-0.39, 0.29) is 23.0 Å². The molecule has 0 spiro atoms. The summed E-state index contributed by atoms with van der Waals surface area (Å²) in [6, 6.07) is 14.2. The maximum Gasteiger partial charge on any atom is 0.269 e. The van der Waals surface area contributed by atoms with Gasteiger partial charge in [-0.05, 0) is 24.3 Å². The molecular weight excluding hydrogens is 433 g/mol. The third kappa shape index (κ3) is 5.02. The molecule has 0 saturated carbocycles. The lowest BCUT2D eigenvalue weighted by Gasteiger charge is -2.36. The van der Waals surface area contributed by atoms with Gasteiger partial charge >= 0.3 is 0 Å². The molecule has 32 heavy (non-hydrogen) atoms. The van der Waals surface area contributed by atoms with E-state index in [2.05, 4.69) is 14.9 Å². The number of nitro groups is 1. The predicted molar refractivity (Wildman–Crippen MR) is 121 cm³/mol. The number of piperazine rings is 1. The molecule has 0 amide bonds. The summed E-state index contributed by atoms with van der Waals surface area (Å²) in [6.45, 7) is 2.73. The molecule has 3 aromatic rings. The van der Waals surface area contributed by atoms with Gasteiger partial charge in [0.2, 0.25) is 0 Å². The van der Waals surface area contributed by atoms with Crippen LogP contribution in [0.4, 0.5) is 21.6 Å². The van der Waals surface area contributed by atoms with E-state index in [0.717, 1.165) is 5.82 Å². The molecule has 4 rings (SSSR count). The smallest absolute Gasteiger partial charge is 0.269 e. The molecule has 1 aromatic heterocycles. The number of rotatable bonds is 7. The predicted octanol–water partition coefficient (Wildman–Crippen LogP) is 3.83. The number of halogens is 1. The summed E-state index contributed by atoms with van der Waals surface area (Å²) < 4.78 is 14.0. The summed E-state index contributed by atoms with van der Waals surface area (Å²) in [5.74, 6) is 0.566. The van der Waals surface area contributed by atoms with Crippen molar-refractivity contribution >= 4 is 34.7 Å². The Morgan fingerprint density at radius 1 is 1.03 bits per heavy atom. The number of non-ortho nitro benzene ring substituents is 1. The highest BCUT2D eigenvalue weighted by atomic mass is 32.2. The van der Waals surface area contributed by atoms with E-state index < -0.39 is 4.92 Å². The Bertz CT molecular complexity index is 1120. The molecule has 1 aliphatic heterocycles. The molecule has 8 nitrogen and oxygen atoms in total. The van der Waals surface area contributed by atoms with E-state index in [1.165, 1.54) is 48.4 Å². The Balaban J connectivity index is 1.34. The van der Waals surface area contributed by atoms with Crippen LogP contribution in [0.5, 0.6) is 0 Å². The number of anilines is 2. The maximum absolute atomic E-state index is 14.0. The number of nitrogens with zero attached hydrogens (tertiary/aromatic N) is 5. The van der Waals surface area contributed by atoms with Crippen LogP contribution in [0, 0.1) is 15.9 Å². The SMILES string of the molecule is O=C(CSc1cc(N2CCN(c3ccccc3F)CC2)ncn1)c1ccc([N+](=O)[O-])cc1. The van der Waals surface area contributed by atoms with Crippen molar-refractivity contribution in [3.05, 3.63) is 82.4 Å². The highest BCUT2D eigenvalue weighted by Crippen LogP contribution is 2.24. The summed E-state index contributed by atoms with van der Waals surface area (Å²) in [5, 5.41) is 11.4. The number of thioether (sulfide) groups is 1. The second kappa shape index (κ2) is 9.73.